The Bertz CT molecular complexity index is 1230. The summed E-state index contributed by atoms with van der Waals surface area (Å²) in [5.41, 5.74) is 0.713. The fourth-order valence-corrected chi connectivity index (χ4v) is 5.25. The molecule has 10 heteroatoms. The number of carbonyl (C=O) groups excluding carboxylic acids is 3. The zero-order valence-electron chi connectivity index (χ0n) is 17.3. The molecule has 0 spiro atoms. The molecule has 1 aliphatic heterocycles. The molecule has 1 amide bonds. The molecule has 164 valence electrons. The number of aliphatic hydroxyl groups is 1. The third-order valence-corrected chi connectivity index (χ3v) is 7.04. The summed E-state index contributed by atoms with van der Waals surface area (Å²) in [7, 11) is 2.78. The highest BCUT2D eigenvalue weighted by atomic mass is 32.1. The highest BCUT2D eigenvalue weighted by molar-refractivity contribution is 7.18. The number of nitrogens with zero attached hydrogens (tertiary/aromatic N) is 2. The van der Waals surface area contributed by atoms with Crippen molar-refractivity contribution in [2.75, 3.05) is 19.1 Å². The highest BCUT2D eigenvalue weighted by Gasteiger charge is 2.48. The summed E-state index contributed by atoms with van der Waals surface area (Å²) in [5, 5.41) is 13.0. The van der Waals surface area contributed by atoms with Crippen LogP contribution in [0.3, 0.4) is 0 Å². The number of aliphatic hydroxyl groups excluding tert-OH is 1. The molecule has 1 fully saturated rings. The molecule has 1 unspecified atom stereocenters. The van der Waals surface area contributed by atoms with Crippen LogP contribution in [0.5, 0.6) is 5.75 Å². The summed E-state index contributed by atoms with van der Waals surface area (Å²) in [6, 6.07) is 9.20. The van der Waals surface area contributed by atoms with Crippen molar-refractivity contribution in [3.8, 4) is 5.75 Å². The van der Waals surface area contributed by atoms with Gasteiger partial charge in [-0.05, 0) is 42.6 Å². The summed E-state index contributed by atoms with van der Waals surface area (Å²) in [5.74, 6) is -1.94. The summed E-state index contributed by atoms with van der Waals surface area (Å²) < 4.78 is 9.92. The lowest BCUT2D eigenvalue weighted by Gasteiger charge is -2.21. The first kappa shape index (κ1) is 21.7. The fraction of sp³-hybridized carbons (Fsp3) is 0.182. The van der Waals surface area contributed by atoms with Crippen LogP contribution in [0.2, 0.25) is 0 Å². The van der Waals surface area contributed by atoms with E-state index in [1.165, 1.54) is 30.5 Å². The monoisotopic (exact) mass is 470 g/mol. The predicted octanol–water partition coefficient (Wildman–Crippen LogP) is 3.93. The number of amides is 1. The van der Waals surface area contributed by atoms with E-state index >= 15 is 0 Å². The smallest absolute Gasteiger partial charge is 0.350 e. The number of thiophene rings is 1. The molecule has 32 heavy (non-hydrogen) atoms. The predicted molar refractivity (Wildman–Crippen MR) is 120 cm³/mol. The number of aryl methyl sites for hydroxylation is 1. The molecule has 2 aromatic heterocycles. The second-order valence-corrected chi connectivity index (χ2v) is 8.77. The minimum absolute atomic E-state index is 0.0462. The Morgan fingerprint density at radius 1 is 1.16 bits per heavy atom. The molecule has 3 heterocycles. The van der Waals surface area contributed by atoms with E-state index in [9.17, 15) is 19.5 Å². The molecule has 1 saturated heterocycles. The van der Waals surface area contributed by atoms with Gasteiger partial charge in [-0.3, -0.25) is 14.5 Å². The van der Waals surface area contributed by atoms with Crippen LogP contribution >= 0.6 is 22.7 Å². The molecule has 1 N–H and O–H groups in total. The van der Waals surface area contributed by atoms with Gasteiger partial charge in [-0.2, -0.15) is 0 Å². The van der Waals surface area contributed by atoms with Crippen molar-refractivity contribution < 1.29 is 29.0 Å². The lowest BCUT2D eigenvalue weighted by atomic mass is 10.00. The average Bonchev–Trinajstić information content (AvgIpc) is 3.52. The van der Waals surface area contributed by atoms with Gasteiger partial charge in [0.15, 0.2) is 5.13 Å². The van der Waals surface area contributed by atoms with Crippen LogP contribution in [0.1, 0.15) is 31.8 Å². The van der Waals surface area contributed by atoms with Crippen molar-refractivity contribution in [1.82, 2.24) is 4.98 Å². The Hall–Kier alpha value is -3.50. The Morgan fingerprint density at radius 3 is 2.47 bits per heavy atom. The first-order valence-corrected chi connectivity index (χ1v) is 11.1. The second-order valence-electron chi connectivity index (χ2n) is 6.82. The minimum atomic E-state index is -0.881. The van der Waals surface area contributed by atoms with E-state index in [-0.39, 0.29) is 21.3 Å². The molecular weight excluding hydrogens is 452 g/mol. The summed E-state index contributed by atoms with van der Waals surface area (Å²) in [6.07, 6.45) is 0. The number of benzene rings is 1. The molecular formula is C22H18N2O6S2. The molecule has 0 radical (unpaired) electrons. The third-order valence-electron chi connectivity index (χ3n) is 4.98. The Balaban J connectivity index is 1.88. The molecule has 0 bridgehead atoms. The van der Waals surface area contributed by atoms with Crippen molar-refractivity contribution in [2.24, 2.45) is 0 Å². The third kappa shape index (κ3) is 3.57. The quantitative estimate of drug-likeness (QED) is 0.261. The Kier molecular flexibility index (Phi) is 5.81. The minimum Gasteiger partial charge on any atom is -0.507 e. The molecule has 1 atom stereocenters. The van der Waals surface area contributed by atoms with E-state index in [0.29, 0.717) is 21.9 Å². The number of hydrogen-bond donors (Lipinski definition) is 1. The van der Waals surface area contributed by atoms with Gasteiger partial charge in [0.05, 0.1) is 25.5 Å². The zero-order valence-corrected chi connectivity index (χ0v) is 19.0. The number of aromatic nitrogens is 1. The maximum absolute atomic E-state index is 13.1. The van der Waals surface area contributed by atoms with E-state index in [1.807, 2.05) is 5.38 Å². The summed E-state index contributed by atoms with van der Waals surface area (Å²) >= 11 is 2.30. The maximum atomic E-state index is 13.1. The first-order valence-electron chi connectivity index (χ1n) is 9.42. The Labute approximate surface area is 191 Å². The lowest BCUT2D eigenvalue weighted by Crippen LogP contribution is -2.29. The van der Waals surface area contributed by atoms with E-state index in [1.54, 1.807) is 43.3 Å². The number of ketones is 1. The molecule has 1 aromatic carbocycles. The van der Waals surface area contributed by atoms with Crippen molar-refractivity contribution in [3.63, 3.8) is 0 Å². The number of methoxy groups -OCH3 is 2. The van der Waals surface area contributed by atoms with Crippen LogP contribution < -0.4 is 9.64 Å². The van der Waals surface area contributed by atoms with Gasteiger partial charge >= 0.3 is 11.9 Å². The SMILES string of the molecule is COC(=O)c1sc(N2C(=O)C(=O)/C(=C(\O)c3ccc(OC)cc3)C2c2cccs2)nc1C. The molecule has 8 nitrogen and oxygen atoms in total. The van der Waals surface area contributed by atoms with Crippen molar-refractivity contribution in [2.45, 2.75) is 13.0 Å². The standard InChI is InChI=1S/C22H18N2O6S2/c1-11-19(21(28)30-3)32-22(23-11)24-16(14-5-4-10-31-14)15(18(26)20(24)27)17(25)12-6-8-13(29-2)9-7-12/h4-10,16,25H,1-3H3/b17-15-. The normalized spacial score (nSPS) is 17.6. The van der Waals surface area contributed by atoms with Gasteiger partial charge < -0.3 is 14.6 Å². The van der Waals surface area contributed by atoms with Gasteiger partial charge in [0.2, 0.25) is 0 Å². The van der Waals surface area contributed by atoms with Crippen LogP contribution in [0.25, 0.3) is 5.76 Å². The maximum Gasteiger partial charge on any atom is 0.350 e. The molecule has 3 aromatic rings. The molecule has 0 saturated carbocycles. The van der Waals surface area contributed by atoms with Crippen LogP contribution in [0.4, 0.5) is 5.13 Å². The van der Waals surface area contributed by atoms with E-state index in [0.717, 1.165) is 11.3 Å². The number of esters is 1. The van der Waals surface area contributed by atoms with E-state index in [4.69, 9.17) is 9.47 Å². The van der Waals surface area contributed by atoms with Crippen LogP contribution in [-0.2, 0) is 14.3 Å². The van der Waals surface area contributed by atoms with Crippen molar-refractivity contribution >= 4 is 51.2 Å². The van der Waals surface area contributed by atoms with E-state index < -0.39 is 23.7 Å². The highest BCUT2D eigenvalue weighted by Crippen LogP contribution is 2.45. The van der Waals surface area contributed by atoms with Crippen LogP contribution in [-0.4, -0.2) is 42.0 Å². The lowest BCUT2D eigenvalue weighted by molar-refractivity contribution is -0.132. The number of thiazole rings is 1. The van der Waals surface area contributed by atoms with Gasteiger partial charge in [0.1, 0.15) is 22.4 Å². The number of rotatable bonds is 5. The Morgan fingerprint density at radius 2 is 1.88 bits per heavy atom. The van der Waals surface area contributed by atoms with Crippen LogP contribution in [0.15, 0.2) is 47.4 Å². The summed E-state index contributed by atoms with van der Waals surface area (Å²) in [6.45, 7) is 1.63. The first-order chi connectivity index (χ1) is 15.4. The number of ether oxygens (including phenoxy) is 2. The van der Waals surface area contributed by atoms with Gasteiger partial charge in [-0.1, -0.05) is 17.4 Å². The zero-order chi connectivity index (χ0) is 23.0. The summed E-state index contributed by atoms with van der Waals surface area (Å²) in [4.78, 5) is 44.7. The average molecular weight is 471 g/mol. The van der Waals surface area contributed by atoms with E-state index in [2.05, 4.69) is 4.98 Å². The van der Waals surface area contributed by atoms with Crippen LogP contribution in [0, 0.1) is 6.92 Å². The number of carbonyl (C=O) groups is 3. The van der Waals surface area contributed by atoms with Crippen molar-refractivity contribution in [1.29, 1.82) is 0 Å². The molecule has 0 aliphatic carbocycles. The number of Topliss-reactive ketones (excluding diaryl/α,β-unsaturated/α-hetero) is 1. The van der Waals surface area contributed by atoms with Gasteiger partial charge in [-0.25, -0.2) is 9.78 Å². The molecule has 1 aliphatic rings. The van der Waals surface area contributed by atoms with Gasteiger partial charge in [0.25, 0.3) is 5.78 Å². The number of hydrogen-bond acceptors (Lipinski definition) is 9. The van der Waals surface area contributed by atoms with Gasteiger partial charge in [-0.15, -0.1) is 11.3 Å². The molecule has 4 rings (SSSR count). The number of anilines is 1. The second kappa shape index (κ2) is 8.56. The topological polar surface area (TPSA) is 106 Å². The van der Waals surface area contributed by atoms with Gasteiger partial charge in [0, 0.05) is 10.4 Å². The van der Waals surface area contributed by atoms with Crippen molar-refractivity contribution in [3.05, 3.63) is 68.4 Å². The fourth-order valence-electron chi connectivity index (χ4n) is 3.42. The largest absolute Gasteiger partial charge is 0.507 e.